The number of aromatic nitrogens is 2. The summed E-state index contributed by atoms with van der Waals surface area (Å²) in [6, 6.07) is 0. The molecule has 0 radical (unpaired) electrons. The number of likely N-dealkylation sites (tertiary alicyclic amines) is 1. The fraction of sp³-hybridized carbons (Fsp3) is 0.632. The van der Waals surface area contributed by atoms with Gasteiger partial charge in [-0.25, -0.2) is 13.4 Å². The van der Waals surface area contributed by atoms with E-state index in [4.69, 9.17) is 0 Å². The second-order valence-corrected chi connectivity index (χ2v) is 9.96. The van der Waals surface area contributed by atoms with Gasteiger partial charge in [0.05, 0.1) is 18.5 Å². The molecule has 3 aliphatic rings. The molecule has 1 aromatic rings. The van der Waals surface area contributed by atoms with E-state index in [0.29, 0.717) is 43.1 Å². The molecule has 9 heteroatoms. The predicted molar refractivity (Wildman–Crippen MR) is 104 cm³/mol. The first-order chi connectivity index (χ1) is 13.3. The van der Waals surface area contributed by atoms with Crippen LogP contribution in [0.4, 0.5) is 0 Å². The van der Waals surface area contributed by atoms with Crippen LogP contribution in [-0.4, -0.2) is 59.4 Å². The van der Waals surface area contributed by atoms with E-state index < -0.39 is 10.0 Å². The number of carbonyl (C=O) groups is 1. The third-order valence-corrected chi connectivity index (χ3v) is 7.28. The van der Waals surface area contributed by atoms with Crippen LogP contribution in [0.1, 0.15) is 48.7 Å². The summed E-state index contributed by atoms with van der Waals surface area (Å²) in [5, 5.41) is 0. The molecule has 1 aromatic heterocycles. The van der Waals surface area contributed by atoms with E-state index in [9.17, 15) is 18.0 Å². The van der Waals surface area contributed by atoms with Crippen molar-refractivity contribution in [3.63, 3.8) is 0 Å². The number of nitrogens with one attached hydrogen (secondary N) is 1. The summed E-state index contributed by atoms with van der Waals surface area (Å²) in [4.78, 5) is 34.7. The Morgan fingerprint density at radius 3 is 2.79 bits per heavy atom. The molecule has 4 rings (SSSR count). The van der Waals surface area contributed by atoms with Crippen LogP contribution in [-0.2, 0) is 27.8 Å². The van der Waals surface area contributed by atoms with Crippen LogP contribution in [0, 0.1) is 5.92 Å². The number of hydrogen-bond donors (Lipinski definition) is 1. The molecule has 3 heterocycles. The number of rotatable bonds is 3. The number of H-pyrrole nitrogens is 1. The number of amides is 1. The van der Waals surface area contributed by atoms with Crippen LogP contribution in [0.15, 0.2) is 16.9 Å². The normalized spacial score (nSPS) is 25.7. The van der Waals surface area contributed by atoms with Gasteiger partial charge in [0.25, 0.3) is 5.56 Å². The number of fused-ring (bicyclic) bond motifs is 1. The third kappa shape index (κ3) is 3.77. The number of sulfonamides is 1. The van der Waals surface area contributed by atoms with E-state index in [2.05, 4.69) is 22.1 Å². The highest BCUT2D eigenvalue weighted by molar-refractivity contribution is 7.88. The number of nitrogens with zero attached hydrogens (tertiary/aromatic N) is 3. The van der Waals surface area contributed by atoms with Crippen LogP contribution in [0.5, 0.6) is 0 Å². The molecule has 1 N–H and O–H groups in total. The second kappa shape index (κ2) is 7.44. The molecule has 1 aliphatic carbocycles. The zero-order valence-corrected chi connectivity index (χ0v) is 16.9. The maximum absolute atomic E-state index is 12.8. The van der Waals surface area contributed by atoms with E-state index in [1.165, 1.54) is 10.6 Å². The van der Waals surface area contributed by atoms with E-state index in [-0.39, 0.29) is 29.8 Å². The summed E-state index contributed by atoms with van der Waals surface area (Å²) in [5.41, 5.74) is 0.927. The highest BCUT2D eigenvalue weighted by atomic mass is 32.2. The minimum atomic E-state index is -3.32. The quantitative estimate of drug-likeness (QED) is 0.747. The van der Waals surface area contributed by atoms with Gasteiger partial charge in [0.2, 0.25) is 15.9 Å². The molecule has 0 spiro atoms. The molecule has 2 atom stereocenters. The molecular formula is C19H26N4O4S. The highest BCUT2D eigenvalue weighted by Crippen LogP contribution is 2.29. The summed E-state index contributed by atoms with van der Waals surface area (Å²) >= 11 is 0. The number of aromatic amines is 1. The highest BCUT2D eigenvalue weighted by Gasteiger charge is 2.34. The van der Waals surface area contributed by atoms with E-state index in [0.717, 1.165) is 25.7 Å². The first-order valence-corrected chi connectivity index (χ1v) is 11.7. The number of hydrogen-bond acceptors (Lipinski definition) is 5. The van der Waals surface area contributed by atoms with E-state index >= 15 is 0 Å². The van der Waals surface area contributed by atoms with Crippen molar-refractivity contribution in [3.8, 4) is 0 Å². The monoisotopic (exact) mass is 406 g/mol. The van der Waals surface area contributed by atoms with Crippen molar-refractivity contribution in [2.24, 2.45) is 5.92 Å². The lowest BCUT2D eigenvalue weighted by atomic mass is 9.93. The average molecular weight is 407 g/mol. The summed E-state index contributed by atoms with van der Waals surface area (Å²) in [7, 11) is -3.32. The average Bonchev–Trinajstić information content (AvgIpc) is 3.17. The largest absolute Gasteiger partial charge is 0.342 e. The first kappa shape index (κ1) is 19.3. The van der Waals surface area contributed by atoms with Crippen LogP contribution in [0.2, 0.25) is 0 Å². The van der Waals surface area contributed by atoms with Gasteiger partial charge in [-0.2, -0.15) is 4.31 Å². The van der Waals surface area contributed by atoms with Crippen LogP contribution in [0.25, 0.3) is 0 Å². The molecule has 1 amide bonds. The topological polar surface area (TPSA) is 103 Å². The molecule has 152 valence electrons. The Morgan fingerprint density at radius 1 is 1.25 bits per heavy atom. The van der Waals surface area contributed by atoms with Crippen LogP contribution in [0.3, 0.4) is 0 Å². The Hall–Kier alpha value is -2.00. The van der Waals surface area contributed by atoms with Crippen LogP contribution < -0.4 is 5.56 Å². The van der Waals surface area contributed by atoms with Gasteiger partial charge in [-0.15, -0.1) is 0 Å². The second-order valence-electron chi connectivity index (χ2n) is 7.97. The van der Waals surface area contributed by atoms with Gasteiger partial charge in [-0.05, 0) is 32.1 Å². The van der Waals surface area contributed by atoms with Crippen molar-refractivity contribution in [3.05, 3.63) is 39.6 Å². The van der Waals surface area contributed by atoms with Crippen LogP contribution >= 0.6 is 0 Å². The lowest BCUT2D eigenvalue weighted by molar-refractivity contribution is -0.134. The Bertz CT molecular complexity index is 969. The predicted octanol–water partition coefficient (Wildman–Crippen LogP) is 0.760. The molecule has 8 nitrogen and oxygen atoms in total. The molecule has 0 saturated carbocycles. The molecule has 1 saturated heterocycles. The number of allylic oxidation sites excluding steroid dienone is 2. The molecule has 0 aromatic carbocycles. The van der Waals surface area contributed by atoms with Gasteiger partial charge in [0.1, 0.15) is 5.82 Å². The Balaban J connectivity index is 1.51. The fourth-order valence-corrected chi connectivity index (χ4v) is 5.15. The van der Waals surface area contributed by atoms with Gasteiger partial charge in [-0.3, -0.25) is 9.59 Å². The summed E-state index contributed by atoms with van der Waals surface area (Å²) in [6.07, 6.45) is 9.15. The van der Waals surface area contributed by atoms with Crippen molar-refractivity contribution in [2.45, 2.75) is 44.6 Å². The molecule has 1 fully saturated rings. The Kier molecular flexibility index (Phi) is 5.13. The zero-order chi connectivity index (χ0) is 19.9. The lowest BCUT2D eigenvalue weighted by Gasteiger charge is -2.26. The van der Waals surface area contributed by atoms with E-state index in [1.807, 2.05) is 4.90 Å². The Morgan fingerprint density at radius 2 is 2.07 bits per heavy atom. The molecule has 0 bridgehead atoms. The molecular weight excluding hydrogens is 380 g/mol. The standard InChI is InChI=1S/C19H26N4O4S/c1-28(26,27)23-10-8-15-16(12-23)20-17(21-18(15)24)14-7-9-22(11-14)19(25)13-5-3-2-4-6-13/h2-3,13-14H,4-12H2,1H3,(H,20,21,24). The van der Waals surface area contributed by atoms with E-state index in [1.54, 1.807) is 0 Å². The summed E-state index contributed by atoms with van der Waals surface area (Å²) in [6.45, 7) is 1.66. The minimum absolute atomic E-state index is 0.0188. The summed E-state index contributed by atoms with van der Waals surface area (Å²) in [5.74, 6) is 0.797. The maximum Gasteiger partial charge on any atom is 0.254 e. The minimum Gasteiger partial charge on any atom is -0.342 e. The SMILES string of the molecule is CS(=O)(=O)N1CCc2c(nc(C3CCN(C(=O)C4CC=CCC4)C3)[nH]c2=O)C1. The third-order valence-electron chi connectivity index (χ3n) is 6.03. The zero-order valence-electron chi connectivity index (χ0n) is 16.1. The van der Waals surface area contributed by atoms with Gasteiger partial charge in [0, 0.05) is 37.0 Å². The van der Waals surface area contributed by atoms with Gasteiger partial charge < -0.3 is 9.88 Å². The van der Waals surface area contributed by atoms with Gasteiger partial charge in [-0.1, -0.05) is 12.2 Å². The van der Waals surface area contributed by atoms with Crippen molar-refractivity contribution < 1.29 is 13.2 Å². The van der Waals surface area contributed by atoms with Crippen molar-refractivity contribution >= 4 is 15.9 Å². The fourth-order valence-electron chi connectivity index (χ4n) is 4.37. The maximum atomic E-state index is 12.8. The first-order valence-electron chi connectivity index (χ1n) is 9.84. The molecule has 28 heavy (non-hydrogen) atoms. The molecule has 2 unspecified atom stereocenters. The van der Waals surface area contributed by atoms with Gasteiger partial charge >= 0.3 is 0 Å². The van der Waals surface area contributed by atoms with Crippen molar-refractivity contribution in [1.82, 2.24) is 19.2 Å². The van der Waals surface area contributed by atoms with Crippen molar-refractivity contribution in [1.29, 1.82) is 0 Å². The molecule has 2 aliphatic heterocycles. The van der Waals surface area contributed by atoms with Crippen molar-refractivity contribution in [2.75, 3.05) is 25.9 Å². The number of carbonyl (C=O) groups excluding carboxylic acids is 1. The van der Waals surface area contributed by atoms with Gasteiger partial charge in [0.15, 0.2) is 0 Å². The Labute approximate surface area is 164 Å². The lowest BCUT2D eigenvalue weighted by Crippen LogP contribution is -2.39. The smallest absolute Gasteiger partial charge is 0.254 e. The summed E-state index contributed by atoms with van der Waals surface area (Å²) < 4.78 is 25.1.